The van der Waals surface area contributed by atoms with Crippen molar-refractivity contribution in [2.75, 3.05) is 34.4 Å². The van der Waals surface area contributed by atoms with Crippen molar-refractivity contribution in [2.24, 2.45) is 0 Å². The molecule has 3 heterocycles. The van der Waals surface area contributed by atoms with Crippen molar-refractivity contribution < 1.29 is 18.4 Å². The zero-order chi connectivity index (χ0) is 21.0. The maximum atomic E-state index is 12.9. The van der Waals surface area contributed by atoms with E-state index in [1.54, 1.807) is 26.4 Å². The van der Waals surface area contributed by atoms with Crippen molar-refractivity contribution >= 4 is 17.0 Å². The Morgan fingerprint density at radius 2 is 2.21 bits per heavy atom. The van der Waals surface area contributed by atoms with Gasteiger partial charge >= 0.3 is 0 Å². The van der Waals surface area contributed by atoms with E-state index in [2.05, 4.69) is 10.3 Å². The molecule has 0 bridgehead atoms. The first-order chi connectivity index (χ1) is 13.9. The van der Waals surface area contributed by atoms with Crippen molar-refractivity contribution in [2.45, 2.75) is 25.9 Å². The number of likely N-dealkylation sites (N-methyl/N-ethyl adjacent to an activating group) is 1. The summed E-state index contributed by atoms with van der Waals surface area (Å²) >= 11 is 0. The van der Waals surface area contributed by atoms with E-state index in [-0.39, 0.29) is 34.2 Å². The Balaban J connectivity index is 1.86. The third kappa shape index (κ3) is 4.41. The first kappa shape index (κ1) is 20.8. The number of aromatic nitrogens is 2. The molecule has 0 aliphatic carbocycles. The Hall–Kier alpha value is -2.91. The first-order valence-corrected chi connectivity index (χ1v) is 9.39. The third-order valence-corrected chi connectivity index (χ3v) is 4.78. The summed E-state index contributed by atoms with van der Waals surface area (Å²) < 4.78 is 17.5. The van der Waals surface area contributed by atoms with Crippen LogP contribution in [0.5, 0.6) is 0 Å². The summed E-state index contributed by atoms with van der Waals surface area (Å²) in [5, 5.41) is 3.08. The molecule has 0 saturated heterocycles. The van der Waals surface area contributed by atoms with Crippen LogP contribution in [-0.4, -0.2) is 54.7 Å². The van der Waals surface area contributed by atoms with Crippen LogP contribution in [0.1, 0.15) is 34.3 Å². The van der Waals surface area contributed by atoms with Crippen LogP contribution in [0.25, 0.3) is 11.1 Å². The second-order valence-corrected chi connectivity index (χ2v) is 7.01. The maximum absolute atomic E-state index is 12.9. The predicted molar refractivity (Wildman–Crippen MR) is 107 cm³/mol. The first-order valence-electron chi connectivity index (χ1n) is 9.39. The molecule has 0 aliphatic rings. The average molecular weight is 402 g/mol. The van der Waals surface area contributed by atoms with Crippen LogP contribution < -0.4 is 10.9 Å². The lowest BCUT2D eigenvalue weighted by molar-refractivity contribution is 0.0939. The summed E-state index contributed by atoms with van der Waals surface area (Å²) in [6.07, 6.45) is 3.69. The molecule has 1 unspecified atom stereocenters. The fraction of sp³-hybridized carbons (Fsp3) is 0.450. The number of aryl methyl sites for hydroxylation is 2. The van der Waals surface area contributed by atoms with Crippen molar-refractivity contribution in [3.05, 3.63) is 52.2 Å². The van der Waals surface area contributed by atoms with Crippen molar-refractivity contribution in [3.63, 3.8) is 0 Å². The molecule has 3 aromatic rings. The fourth-order valence-corrected chi connectivity index (χ4v) is 3.25. The summed E-state index contributed by atoms with van der Waals surface area (Å²) in [5.74, 6) is 0.718. The summed E-state index contributed by atoms with van der Waals surface area (Å²) in [6, 6.07) is 3.52. The van der Waals surface area contributed by atoms with E-state index in [1.807, 2.05) is 25.1 Å². The SMILES string of the molecule is COCCCn1cnc2oc(C)c(C(=O)NCC(c3ccco3)N(C)C)c2c1=O. The summed E-state index contributed by atoms with van der Waals surface area (Å²) in [5.41, 5.74) is 0.0784. The highest BCUT2D eigenvalue weighted by atomic mass is 16.5. The van der Waals surface area contributed by atoms with E-state index in [0.717, 1.165) is 5.76 Å². The lowest BCUT2D eigenvalue weighted by Gasteiger charge is -2.22. The average Bonchev–Trinajstić information content (AvgIpc) is 3.31. The molecule has 156 valence electrons. The lowest BCUT2D eigenvalue weighted by Crippen LogP contribution is -2.35. The molecule has 9 heteroatoms. The summed E-state index contributed by atoms with van der Waals surface area (Å²) in [6.45, 7) is 2.94. The highest BCUT2D eigenvalue weighted by Crippen LogP contribution is 2.22. The number of methoxy groups -OCH3 is 1. The smallest absolute Gasteiger partial charge is 0.265 e. The van der Waals surface area contributed by atoms with Crippen LogP contribution in [0.4, 0.5) is 0 Å². The van der Waals surface area contributed by atoms with Crippen LogP contribution in [0.3, 0.4) is 0 Å². The predicted octanol–water partition coefficient (Wildman–Crippen LogP) is 1.96. The number of carbonyl (C=O) groups is 1. The molecule has 0 radical (unpaired) electrons. The highest BCUT2D eigenvalue weighted by molar-refractivity contribution is 6.06. The molecule has 29 heavy (non-hydrogen) atoms. The lowest BCUT2D eigenvalue weighted by atomic mass is 10.1. The zero-order valence-corrected chi connectivity index (χ0v) is 17.1. The Labute approximate surface area is 168 Å². The van der Waals surface area contributed by atoms with Gasteiger partial charge in [0.15, 0.2) is 0 Å². The van der Waals surface area contributed by atoms with Gasteiger partial charge in [0.25, 0.3) is 11.5 Å². The molecule has 1 amide bonds. The molecule has 0 aliphatic heterocycles. The molecule has 0 spiro atoms. The number of furan rings is 2. The third-order valence-electron chi connectivity index (χ3n) is 4.78. The highest BCUT2D eigenvalue weighted by Gasteiger charge is 2.24. The molecule has 0 aromatic carbocycles. The molecular formula is C20H26N4O5. The summed E-state index contributed by atoms with van der Waals surface area (Å²) in [4.78, 5) is 32.0. The van der Waals surface area contributed by atoms with Gasteiger partial charge in [-0.25, -0.2) is 4.98 Å². The van der Waals surface area contributed by atoms with Crippen LogP contribution in [-0.2, 0) is 11.3 Å². The monoisotopic (exact) mass is 402 g/mol. The quantitative estimate of drug-likeness (QED) is 0.546. The van der Waals surface area contributed by atoms with Crippen molar-refractivity contribution in [1.82, 2.24) is 19.8 Å². The Kier molecular flexibility index (Phi) is 6.50. The van der Waals surface area contributed by atoms with E-state index < -0.39 is 0 Å². The van der Waals surface area contributed by atoms with Gasteiger partial charge in [-0.2, -0.15) is 0 Å². The number of hydrogen-bond acceptors (Lipinski definition) is 7. The molecule has 0 fully saturated rings. The number of carbonyl (C=O) groups excluding carboxylic acids is 1. The Bertz CT molecular complexity index is 1020. The van der Waals surface area contributed by atoms with Gasteiger partial charge in [0.05, 0.1) is 17.9 Å². The molecule has 0 saturated carbocycles. The second-order valence-electron chi connectivity index (χ2n) is 7.01. The zero-order valence-electron chi connectivity index (χ0n) is 17.1. The van der Waals surface area contributed by atoms with Crippen LogP contribution in [0, 0.1) is 6.92 Å². The van der Waals surface area contributed by atoms with Gasteiger partial charge in [0.2, 0.25) is 5.71 Å². The van der Waals surface area contributed by atoms with E-state index in [0.29, 0.717) is 31.9 Å². The van der Waals surface area contributed by atoms with E-state index >= 15 is 0 Å². The number of ether oxygens (including phenoxy) is 1. The minimum absolute atomic E-state index is 0.142. The van der Waals surface area contributed by atoms with Crippen LogP contribution in [0.2, 0.25) is 0 Å². The number of amides is 1. The van der Waals surface area contributed by atoms with Gasteiger partial charge < -0.3 is 18.9 Å². The van der Waals surface area contributed by atoms with E-state index in [9.17, 15) is 9.59 Å². The number of nitrogens with one attached hydrogen (secondary N) is 1. The minimum atomic E-state index is -0.381. The number of hydrogen-bond donors (Lipinski definition) is 1. The maximum Gasteiger partial charge on any atom is 0.265 e. The van der Waals surface area contributed by atoms with E-state index in [4.69, 9.17) is 13.6 Å². The van der Waals surface area contributed by atoms with Gasteiger partial charge in [-0.3, -0.25) is 19.1 Å². The molecule has 1 N–H and O–H groups in total. The van der Waals surface area contributed by atoms with E-state index in [1.165, 1.54) is 10.9 Å². The molecule has 3 aromatic heterocycles. The molecule has 3 rings (SSSR count). The van der Waals surface area contributed by atoms with Crippen molar-refractivity contribution in [1.29, 1.82) is 0 Å². The normalized spacial score (nSPS) is 12.6. The van der Waals surface area contributed by atoms with Crippen LogP contribution >= 0.6 is 0 Å². The van der Waals surface area contributed by atoms with Gasteiger partial charge in [-0.05, 0) is 39.6 Å². The number of fused-ring (bicyclic) bond motifs is 1. The standard InChI is InChI=1S/C20H26N4O5/c1-13-16(18(25)21-11-14(23(2)3)15-7-5-10-28-15)17-19(29-13)22-12-24(20(17)26)8-6-9-27-4/h5,7,10,12,14H,6,8-9,11H2,1-4H3,(H,21,25). The molecule has 1 atom stereocenters. The minimum Gasteiger partial charge on any atom is -0.468 e. The van der Waals surface area contributed by atoms with Crippen molar-refractivity contribution in [3.8, 4) is 0 Å². The summed E-state index contributed by atoms with van der Waals surface area (Å²) in [7, 11) is 5.41. The largest absolute Gasteiger partial charge is 0.468 e. The van der Waals surface area contributed by atoms with Gasteiger partial charge in [-0.1, -0.05) is 0 Å². The number of nitrogens with zero attached hydrogens (tertiary/aromatic N) is 3. The Morgan fingerprint density at radius 1 is 1.41 bits per heavy atom. The number of rotatable bonds is 9. The van der Waals surface area contributed by atoms with Gasteiger partial charge in [-0.15, -0.1) is 0 Å². The molecule has 9 nitrogen and oxygen atoms in total. The second kappa shape index (κ2) is 9.06. The van der Waals surface area contributed by atoms with Gasteiger partial charge in [0.1, 0.15) is 23.2 Å². The molecular weight excluding hydrogens is 376 g/mol. The Morgan fingerprint density at radius 3 is 2.86 bits per heavy atom. The van der Waals surface area contributed by atoms with Crippen LogP contribution in [0.15, 0.2) is 38.4 Å². The topological polar surface area (TPSA) is 103 Å². The fourth-order valence-electron chi connectivity index (χ4n) is 3.25. The van der Waals surface area contributed by atoms with Gasteiger partial charge in [0, 0.05) is 26.8 Å².